The number of aromatic hydroxyl groups is 3. The smallest absolute Gasteiger partial charge is 0.259 e. The predicted octanol–water partition coefficient (Wildman–Crippen LogP) is 13.2. The van der Waals surface area contributed by atoms with Crippen molar-refractivity contribution >= 4 is 99.0 Å². The number of halogens is 2. The molecule has 9 aromatic carbocycles. The minimum atomic E-state index is -0.337. The van der Waals surface area contributed by atoms with Crippen LogP contribution in [0.3, 0.4) is 0 Å². The van der Waals surface area contributed by atoms with Crippen LogP contribution in [0.25, 0.3) is 32.3 Å². The topological polar surface area (TPSA) is 148 Å². The molecule has 3 amide bonds. The van der Waals surface area contributed by atoms with Crippen molar-refractivity contribution in [3.05, 3.63) is 213 Å². The average molecular weight is 962 g/mol. The second kappa shape index (κ2) is 19.9. The van der Waals surface area contributed by atoms with Gasteiger partial charge in [0.2, 0.25) is 0 Å². The highest BCUT2D eigenvalue weighted by molar-refractivity contribution is 9.10. The van der Waals surface area contributed by atoms with E-state index in [1.54, 1.807) is 60.7 Å². The minimum Gasteiger partial charge on any atom is -0.507 e. The third-order valence-corrected chi connectivity index (χ3v) is 10.9. The van der Waals surface area contributed by atoms with Gasteiger partial charge in [-0.15, -0.1) is 0 Å². The lowest BCUT2D eigenvalue weighted by molar-refractivity contribution is 0.101. The van der Waals surface area contributed by atoms with Gasteiger partial charge in [0.05, 0.1) is 16.7 Å². The number of carbonyl (C=O) groups excluding carboxylic acids is 3. The zero-order chi connectivity index (χ0) is 44.5. The first-order valence-corrected chi connectivity index (χ1v) is 21.2. The summed E-state index contributed by atoms with van der Waals surface area (Å²) in [6.07, 6.45) is 0. The SMILES string of the molecule is Cc1ccccc1NC(=O)c1cc2ccccc2cc1O.O=C(Nc1ccc(Br)cc1)c1cc2ccccc2cc1O.O=C(Nc1cccc(Br)c1)c1cc2ccccc2cc1O. The molecule has 0 aliphatic rings. The Labute approximate surface area is 379 Å². The summed E-state index contributed by atoms with van der Waals surface area (Å²) in [4.78, 5) is 36.9. The highest BCUT2D eigenvalue weighted by atomic mass is 79.9. The second-order valence-electron chi connectivity index (χ2n) is 14.3. The quantitative estimate of drug-likeness (QED) is 0.0978. The Hall–Kier alpha value is -7.47. The van der Waals surface area contributed by atoms with Gasteiger partial charge < -0.3 is 31.3 Å². The molecule has 11 heteroatoms. The first-order valence-electron chi connectivity index (χ1n) is 19.6. The van der Waals surface area contributed by atoms with Gasteiger partial charge in [0.1, 0.15) is 17.2 Å². The fraction of sp³-hybridized carbons (Fsp3) is 0.0192. The summed E-state index contributed by atoms with van der Waals surface area (Å²) in [7, 11) is 0. The molecule has 0 unspecified atom stereocenters. The maximum atomic E-state index is 12.4. The number of para-hydroxylation sites is 1. The molecule has 0 aliphatic carbocycles. The van der Waals surface area contributed by atoms with Crippen molar-refractivity contribution < 1.29 is 29.7 Å². The number of hydrogen-bond donors (Lipinski definition) is 6. The van der Waals surface area contributed by atoms with Crippen LogP contribution in [0.5, 0.6) is 17.2 Å². The first-order chi connectivity index (χ1) is 30.4. The standard InChI is InChI=1S/C18H15NO2.2C17H12BrNO2/c1-12-6-2-5-9-16(12)19-18(21)15-10-13-7-3-4-8-14(13)11-17(15)20;18-13-6-3-7-14(10-13)19-17(21)15-8-11-4-1-2-5-12(11)9-16(15)20;18-13-5-7-14(8-6-13)19-17(21)15-9-11-3-1-2-4-12(11)10-16(15)20/h2-11,20H,1H3,(H,19,21);2*1-10,20H,(H,19,21). The molecule has 312 valence electrons. The van der Waals surface area contributed by atoms with Gasteiger partial charge in [-0.2, -0.15) is 0 Å². The van der Waals surface area contributed by atoms with E-state index >= 15 is 0 Å². The van der Waals surface area contributed by atoms with Crippen LogP contribution in [-0.2, 0) is 0 Å². The minimum absolute atomic E-state index is 0.0141. The Balaban J connectivity index is 0.000000142. The summed E-state index contributed by atoms with van der Waals surface area (Å²) in [6, 6.07) is 54.8. The fourth-order valence-electron chi connectivity index (χ4n) is 6.63. The van der Waals surface area contributed by atoms with E-state index < -0.39 is 0 Å². The molecule has 9 aromatic rings. The Kier molecular flexibility index (Phi) is 13.8. The fourth-order valence-corrected chi connectivity index (χ4v) is 7.29. The number of carbonyl (C=O) groups is 3. The third-order valence-electron chi connectivity index (χ3n) is 9.90. The second-order valence-corrected chi connectivity index (χ2v) is 16.2. The van der Waals surface area contributed by atoms with Crippen LogP contribution in [0.15, 0.2) is 191 Å². The van der Waals surface area contributed by atoms with Crippen LogP contribution in [-0.4, -0.2) is 33.0 Å². The summed E-state index contributed by atoms with van der Waals surface area (Å²) < 4.78 is 1.82. The molecule has 63 heavy (non-hydrogen) atoms. The van der Waals surface area contributed by atoms with Crippen LogP contribution in [0.2, 0.25) is 0 Å². The molecule has 9 nitrogen and oxygen atoms in total. The van der Waals surface area contributed by atoms with Crippen molar-refractivity contribution in [2.45, 2.75) is 6.92 Å². The van der Waals surface area contributed by atoms with E-state index in [1.807, 2.05) is 128 Å². The lowest BCUT2D eigenvalue weighted by Crippen LogP contribution is -2.12. The number of nitrogens with one attached hydrogen (secondary N) is 3. The van der Waals surface area contributed by atoms with Crippen LogP contribution >= 0.6 is 31.9 Å². The highest BCUT2D eigenvalue weighted by Crippen LogP contribution is 2.29. The number of anilines is 3. The lowest BCUT2D eigenvalue weighted by Gasteiger charge is -2.10. The normalized spacial score (nSPS) is 10.5. The molecule has 0 saturated carbocycles. The maximum Gasteiger partial charge on any atom is 0.259 e. The number of aryl methyl sites for hydroxylation is 1. The molecular weight excluding hydrogens is 922 g/mol. The lowest BCUT2D eigenvalue weighted by atomic mass is 10.1. The molecule has 0 spiro atoms. The van der Waals surface area contributed by atoms with Gasteiger partial charge in [0.15, 0.2) is 0 Å². The van der Waals surface area contributed by atoms with Crippen molar-refractivity contribution in [3.8, 4) is 17.2 Å². The summed E-state index contributed by atoms with van der Waals surface area (Å²) in [6.45, 7) is 1.93. The molecule has 0 atom stereocenters. The summed E-state index contributed by atoms with van der Waals surface area (Å²) in [5, 5.41) is 44.0. The van der Waals surface area contributed by atoms with Gasteiger partial charge in [0, 0.05) is 26.0 Å². The van der Waals surface area contributed by atoms with Gasteiger partial charge in [-0.3, -0.25) is 14.4 Å². The number of rotatable bonds is 6. The molecule has 0 saturated heterocycles. The van der Waals surface area contributed by atoms with Crippen molar-refractivity contribution in [1.29, 1.82) is 0 Å². The first kappa shape index (κ1) is 43.6. The number of amides is 3. The van der Waals surface area contributed by atoms with Gasteiger partial charge in [0.25, 0.3) is 17.7 Å². The highest BCUT2D eigenvalue weighted by Gasteiger charge is 2.15. The summed E-state index contributed by atoms with van der Waals surface area (Å²) in [5.41, 5.74) is 3.86. The number of phenolic OH excluding ortho intramolecular Hbond substituents is 3. The summed E-state index contributed by atoms with van der Waals surface area (Å²) in [5.74, 6) is -1.05. The summed E-state index contributed by atoms with van der Waals surface area (Å²) >= 11 is 6.70. The number of fused-ring (bicyclic) bond motifs is 3. The average Bonchev–Trinajstić information content (AvgIpc) is 3.27. The molecule has 0 aromatic heterocycles. The monoisotopic (exact) mass is 959 g/mol. The van der Waals surface area contributed by atoms with Gasteiger partial charge in [-0.25, -0.2) is 0 Å². The molecular formula is C52H39Br2N3O6. The van der Waals surface area contributed by atoms with E-state index in [0.29, 0.717) is 11.4 Å². The maximum absolute atomic E-state index is 12.4. The van der Waals surface area contributed by atoms with Gasteiger partial charge in [-0.05, 0) is 130 Å². The molecule has 0 fully saturated rings. The van der Waals surface area contributed by atoms with E-state index in [9.17, 15) is 29.7 Å². The Morgan fingerprint density at radius 3 is 1.19 bits per heavy atom. The number of phenols is 3. The number of benzene rings is 9. The molecule has 6 N–H and O–H groups in total. The Bertz CT molecular complexity index is 3140. The molecule has 9 rings (SSSR count). The van der Waals surface area contributed by atoms with Crippen molar-refractivity contribution in [2.75, 3.05) is 16.0 Å². The predicted molar refractivity (Wildman–Crippen MR) is 260 cm³/mol. The van der Waals surface area contributed by atoms with Gasteiger partial charge >= 0.3 is 0 Å². The molecule has 0 radical (unpaired) electrons. The van der Waals surface area contributed by atoms with Crippen molar-refractivity contribution in [3.63, 3.8) is 0 Å². The van der Waals surface area contributed by atoms with E-state index in [0.717, 1.165) is 52.5 Å². The van der Waals surface area contributed by atoms with Crippen molar-refractivity contribution in [1.82, 2.24) is 0 Å². The molecule has 0 aliphatic heterocycles. The zero-order valence-electron chi connectivity index (χ0n) is 33.6. The molecule has 0 bridgehead atoms. The van der Waals surface area contributed by atoms with Gasteiger partial charge in [-0.1, -0.05) is 129 Å². The largest absolute Gasteiger partial charge is 0.507 e. The van der Waals surface area contributed by atoms with Crippen molar-refractivity contribution in [2.24, 2.45) is 0 Å². The van der Waals surface area contributed by atoms with E-state index in [2.05, 4.69) is 47.8 Å². The van der Waals surface area contributed by atoms with Crippen LogP contribution < -0.4 is 16.0 Å². The van der Waals surface area contributed by atoms with Crippen LogP contribution in [0.4, 0.5) is 17.1 Å². The third kappa shape index (κ3) is 11.1. The Morgan fingerprint density at radius 2 is 0.762 bits per heavy atom. The zero-order valence-corrected chi connectivity index (χ0v) is 36.8. The number of hydrogen-bond acceptors (Lipinski definition) is 6. The molecule has 0 heterocycles. The van der Waals surface area contributed by atoms with Crippen LogP contribution in [0.1, 0.15) is 36.6 Å². The van der Waals surface area contributed by atoms with E-state index in [-0.39, 0.29) is 51.7 Å². The Morgan fingerprint density at radius 1 is 0.381 bits per heavy atom. The van der Waals surface area contributed by atoms with E-state index in [4.69, 9.17) is 0 Å². The van der Waals surface area contributed by atoms with E-state index in [1.165, 1.54) is 0 Å². The van der Waals surface area contributed by atoms with Crippen LogP contribution in [0, 0.1) is 6.92 Å².